The van der Waals surface area contributed by atoms with Crippen LogP contribution in [0.1, 0.15) is 11.1 Å². The van der Waals surface area contributed by atoms with Gasteiger partial charge in [-0.2, -0.15) is 0 Å². The number of aromatic nitrogens is 3. The Labute approximate surface area is 192 Å². The molecule has 0 saturated carbocycles. The van der Waals surface area contributed by atoms with Crippen molar-refractivity contribution in [2.24, 2.45) is 7.05 Å². The number of nitrogens with zero attached hydrogens (tertiary/aromatic N) is 3. The second-order valence-electron chi connectivity index (χ2n) is 8.58. The van der Waals surface area contributed by atoms with Crippen LogP contribution in [0.25, 0.3) is 50.0 Å². The maximum Gasteiger partial charge on any atom is 0.243 e. The lowest BCUT2D eigenvalue weighted by Gasteiger charge is -2.09. The first kappa shape index (κ1) is 19.5. The Hall–Kier alpha value is -4.18. The Morgan fingerprint density at radius 3 is 2.48 bits per heavy atom. The fraction of sp³-hybridized carbons (Fsp3) is 0.103. The van der Waals surface area contributed by atoms with Crippen LogP contribution in [0, 0.1) is 20.2 Å². The van der Waals surface area contributed by atoms with Gasteiger partial charge < -0.3 is 13.6 Å². The molecule has 6 aromatic rings. The summed E-state index contributed by atoms with van der Waals surface area (Å²) in [6.07, 6.45) is 9.23. The Bertz CT molecular complexity index is 1640. The third-order valence-electron chi connectivity index (χ3n) is 6.30. The summed E-state index contributed by atoms with van der Waals surface area (Å²) in [6, 6.07) is 23.3. The first-order valence-corrected chi connectivity index (χ1v) is 11.0. The molecule has 0 radical (unpaired) electrons. The van der Waals surface area contributed by atoms with Crippen LogP contribution in [-0.2, 0) is 7.05 Å². The van der Waals surface area contributed by atoms with Gasteiger partial charge in [0.15, 0.2) is 0 Å². The average Bonchev–Trinajstić information content (AvgIpc) is 3.44. The predicted octanol–water partition coefficient (Wildman–Crippen LogP) is 6.35. The highest BCUT2D eigenvalue weighted by Crippen LogP contribution is 2.39. The SMILES string of the molecule is Cc1cnc(-c2cc(-n3[c-][n+](C)cc3)cc3c2oc2cc(-c4ccccc4)ccc23)cc1C. The van der Waals surface area contributed by atoms with Crippen LogP contribution in [0.3, 0.4) is 0 Å². The Balaban J connectivity index is 1.64. The summed E-state index contributed by atoms with van der Waals surface area (Å²) in [4.78, 5) is 4.75. The molecule has 4 heteroatoms. The number of hydrogen-bond donors (Lipinski definition) is 0. The van der Waals surface area contributed by atoms with Gasteiger partial charge in [-0.15, -0.1) is 0 Å². The number of benzene rings is 3. The number of imidazole rings is 1. The minimum Gasteiger partial charge on any atom is -0.455 e. The zero-order valence-electron chi connectivity index (χ0n) is 18.8. The van der Waals surface area contributed by atoms with Crippen LogP contribution >= 0.6 is 0 Å². The van der Waals surface area contributed by atoms with Crippen molar-refractivity contribution in [3.05, 3.63) is 103 Å². The van der Waals surface area contributed by atoms with Crippen molar-refractivity contribution in [2.75, 3.05) is 0 Å². The third kappa shape index (κ3) is 3.31. The summed E-state index contributed by atoms with van der Waals surface area (Å²) >= 11 is 0. The van der Waals surface area contributed by atoms with Crippen molar-refractivity contribution in [1.29, 1.82) is 0 Å². The molecule has 0 atom stereocenters. The Morgan fingerprint density at radius 2 is 1.73 bits per heavy atom. The zero-order valence-corrected chi connectivity index (χ0v) is 18.8. The van der Waals surface area contributed by atoms with E-state index in [2.05, 4.69) is 80.8 Å². The Morgan fingerprint density at radius 1 is 0.879 bits per heavy atom. The van der Waals surface area contributed by atoms with Gasteiger partial charge in [0.25, 0.3) is 0 Å². The smallest absolute Gasteiger partial charge is 0.243 e. The predicted molar refractivity (Wildman–Crippen MR) is 131 cm³/mol. The molecule has 0 fully saturated rings. The molecule has 0 bridgehead atoms. The highest BCUT2D eigenvalue weighted by molar-refractivity contribution is 6.11. The van der Waals surface area contributed by atoms with E-state index in [4.69, 9.17) is 9.40 Å². The van der Waals surface area contributed by atoms with Gasteiger partial charge in [0.2, 0.25) is 6.33 Å². The van der Waals surface area contributed by atoms with Gasteiger partial charge in [0, 0.05) is 34.9 Å². The molecular weight excluding hydrogens is 406 g/mol. The summed E-state index contributed by atoms with van der Waals surface area (Å²) in [5.74, 6) is 0. The van der Waals surface area contributed by atoms with E-state index in [1.54, 1.807) is 0 Å². The van der Waals surface area contributed by atoms with E-state index in [-0.39, 0.29) is 0 Å². The first-order valence-electron chi connectivity index (χ1n) is 11.0. The highest BCUT2D eigenvalue weighted by atomic mass is 16.3. The quantitative estimate of drug-likeness (QED) is 0.243. The van der Waals surface area contributed by atoms with Crippen LogP contribution in [-0.4, -0.2) is 9.55 Å². The molecule has 0 saturated heterocycles. The van der Waals surface area contributed by atoms with Gasteiger partial charge in [-0.05, 0) is 66.4 Å². The van der Waals surface area contributed by atoms with Gasteiger partial charge in [0.05, 0.1) is 18.4 Å². The van der Waals surface area contributed by atoms with Crippen molar-refractivity contribution in [2.45, 2.75) is 13.8 Å². The molecule has 3 aromatic carbocycles. The maximum absolute atomic E-state index is 6.50. The van der Waals surface area contributed by atoms with Gasteiger partial charge in [0.1, 0.15) is 11.2 Å². The summed E-state index contributed by atoms with van der Waals surface area (Å²) < 4.78 is 10.4. The molecule has 0 aliphatic carbocycles. The van der Waals surface area contributed by atoms with E-state index >= 15 is 0 Å². The maximum atomic E-state index is 6.50. The van der Waals surface area contributed by atoms with E-state index in [1.165, 1.54) is 16.7 Å². The van der Waals surface area contributed by atoms with E-state index in [9.17, 15) is 0 Å². The molecule has 0 aliphatic rings. The molecule has 0 aliphatic heterocycles. The highest BCUT2D eigenvalue weighted by Gasteiger charge is 2.16. The zero-order chi connectivity index (χ0) is 22.5. The number of aryl methyl sites for hydroxylation is 3. The van der Waals surface area contributed by atoms with E-state index < -0.39 is 0 Å². The molecular formula is C29H23N3O. The topological polar surface area (TPSA) is 34.8 Å². The van der Waals surface area contributed by atoms with Gasteiger partial charge >= 0.3 is 0 Å². The van der Waals surface area contributed by atoms with Crippen LogP contribution in [0.2, 0.25) is 0 Å². The lowest BCUT2D eigenvalue weighted by molar-refractivity contribution is -0.674. The van der Waals surface area contributed by atoms with Gasteiger partial charge in [-0.25, -0.2) is 0 Å². The van der Waals surface area contributed by atoms with Crippen LogP contribution in [0.15, 0.2) is 89.7 Å². The second kappa shape index (κ2) is 7.45. The van der Waals surface area contributed by atoms with Crippen molar-refractivity contribution in [1.82, 2.24) is 9.55 Å². The number of pyridine rings is 1. The van der Waals surface area contributed by atoms with Crippen LogP contribution in [0.4, 0.5) is 0 Å². The van der Waals surface area contributed by atoms with Gasteiger partial charge in [-0.3, -0.25) is 4.98 Å². The summed E-state index contributed by atoms with van der Waals surface area (Å²) in [5, 5.41) is 2.16. The molecule has 3 aromatic heterocycles. The standard InChI is InChI=1S/C29H23N3O/c1-19-13-27(30-17-20(19)2)26-16-23(32-12-11-31(3)18-32)15-25-24-10-9-22(14-28(24)33-29(25)26)21-7-5-4-6-8-21/h4-17H,1-3H3. The molecule has 33 heavy (non-hydrogen) atoms. The Kier molecular flexibility index (Phi) is 4.40. The van der Waals surface area contributed by atoms with Crippen molar-refractivity contribution in [3.63, 3.8) is 0 Å². The lowest BCUT2D eigenvalue weighted by atomic mass is 10.0. The molecule has 0 N–H and O–H groups in total. The molecule has 6 rings (SSSR count). The number of furan rings is 1. The number of fused-ring (bicyclic) bond motifs is 3. The van der Waals surface area contributed by atoms with Crippen LogP contribution in [0.5, 0.6) is 0 Å². The lowest BCUT2D eigenvalue weighted by Crippen LogP contribution is -2.24. The first-order chi connectivity index (χ1) is 16.1. The van der Waals surface area contributed by atoms with Crippen molar-refractivity contribution >= 4 is 21.9 Å². The molecule has 4 nitrogen and oxygen atoms in total. The van der Waals surface area contributed by atoms with E-state index in [1.807, 2.05) is 40.8 Å². The number of rotatable bonds is 3. The number of hydrogen-bond acceptors (Lipinski definition) is 2. The van der Waals surface area contributed by atoms with E-state index in [0.717, 1.165) is 44.4 Å². The van der Waals surface area contributed by atoms with Gasteiger partial charge in [-0.1, -0.05) is 36.4 Å². The molecule has 0 spiro atoms. The summed E-state index contributed by atoms with van der Waals surface area (Å²) in [6.45, 7) is 4.20. The average molecular weight is 430 g/mol. The van der Waals surface area contributed by atoms with Crippen LogP contribution < -0.4 is 4.57 Å². The molecule has 160 valence electrons. The fourth-order valence-corrected chi connectivity index (χ4v) is 4.32. The summed E-state index contributed by atoms with van der Waals surface area (Å²) in [5.41, 5.74) is 9.32. The van der Waals surface area contributed by atoms with E-state index in [0.29, 0.717) is 0 Å². The second-order valence-corrected chi connectivity index (χ2v) is 8.58. The minimum atomic E-state index is 0.853. The normalized spacial score (nSPS) is 11.5. The molecule has 0 unspecified atom stereocenters. The largest absolute Gasteiger partial charge is 0.455 e. The van der Waals surface area contributed by atoms with Crippen molar-refractivity contribution in [3.8, 4) is 28.1 Å². The third-order valence-corrected chi connectivity index (χ3v) is 6.30. The fourth-order valence-electron chi connectivity index (χ4n) is 4.32. The monoisotopic (exact) mass is 429 g/mol. The molecule has 3 heterocycles. The van der Waals surface area contributed by atoms with Crippen molar-refractivity contribution < 1.29 is 8.98 Å². The molecule has 0 amide bonds. The minimum absolute atomic E-state index is 0.853. The summed E-state index contributed by atoms with van der Waals surface area (Å²) in [7, 11) is 1.97.